The minimum atomic E-state index is -0.213. The average molecular weight is 444 g/mol. The van der Waals surface area contributed by atoms with Crippen LogP contribution in [0.15, 0.2) is 48.9 Å². The Morgan fingerprint density at radius 1 is 1.03 bits per heavy atom. The molecule has 1 amide bonds. The zero-order valence-corrected chi connectivity index (χ0v) is 19.0. The van der Waals surface area contributed by atoms with Crippen LogP contribution in [-0.4, -0.2) is 35.6 Å². The molecule has 4 aromatic heterocycles. The van der Waals surface area contributed by atoms with Gasteiger partial charge in [0, 0.05) is 41.2 Å². The first-order valence-corrected chi connectivity index (χ1v) is 10.5. The lowest BCUT2D eigenvalue weighted by Gasteiger charge is -2.11. The van der Waals surface area contributed by atoms with E-state index in [4.69, 9.17) is 4.74 Å². The van der Waals surface area contributed by atoms with Crippen molar-refractivity contribution in [1.29, 1.82) is 0 Å². The topological polar surface area (TPSA) is 108 Å². The second kappa shape index (κ2) is 9.56. The third-order valence-electron chi connectivity index (χ3n) is 5.11. The molecule has 0 aliphatic carbocycles. The van der Waals surface area contributed by atoms with Crippen LogP contribution in [0.3, 0.4) is 0 Å². The molecule has 1 N–H and O–H groups in total. The maximum atomic E-state index is 12.9. The summed E-state index contributed by atoms with van der Waals surface area (Å²) in [5, 5.41) is 7.43. The minimum Gasteiger partial charge on any atom is -0.485 e. The first kappa shape index (κ1) is 22.1. The highest BCUT2D eigenvalue weighted by Gasteiger charge is 2.19. The average Bonchev–Trinajstić information content (AvgIpc) is 3.07. The largest absolute Gasteiger partial charge is 0.485 e. The molecule has 9 nitrogen and oxygen atoms in total. The number of nitrogens with zero attached hydrogens (tertiary/aromatic N) is 6. The number of rotatable bonds is 7. The highest BCUT2D eigenvalue weighted by atomic mass is 16.5. The van der Waals surface area contributed by atoms with E-state index < -0.39 is 0 Å². The molecule has 0 spiro atoms. The standard InChI is InChI=1S/C24H25N7O2/c1-15-12-16(2)28-24(27-15)31-18(4)20(17(3)30-31)13-22(32)29-23-21(6-5-9-26-23)33-14-19-7-10-25-11-8-19/h5-12H,13-14H2,1-4H3,(H,26,29,32). The number of carbonyl (C=O) groups excluding carboxylic acids is 1. The molecule has 0 aliphatic rings. The van der Waals surface area contributed by atoms with Gasteiger partial charge >= 0.3 is 0 Å². The van der Waals surface area contributed by atoms with E-state index in [0.717, 1.165) is 33.9 Å². The van der Waals surface area contributed by atoms with Gasteiger partial charge in [0.15, 0.2) is 11.6 Å². The number of hydrogen-bond acceptors (Lipinski definition) is 7. The fraction of sp³-hybridized carbons (Fsp3) is 0.250. The molecule has 4 heterocycles. The Labute approximate surface area is 191 Å². The van der Waals surface area contributed by atoms with Gasteiger partial charge in [-0.1, -0.05) is 0 Å². The fourth-order valence-electron chi connectivity index (χ4n) is 3.51. The smallest absolute Gasteiger partial charge is 0.251 e. The molecule has 0 radical (unpaired) electrons. The SMILES string of the molecule is Cc1cc(C)nc(-n2nc(C)c(CC(=O)Nc3ncccc3OCc3ccncc3)c2C)n1. The van der Waals surface area contributed by atoms with Crippen molar-refractivity contribution in [1.82, 2.24) is 29.7 Å². The third kappa shape index (κ3) is 5.20. The van der Waals surface area contributed by atoms with E-state index in [9.17, 15) is 4.79 Å². The summed E-state index contributed by atoms with van der Waals surface area (Å²) in [6, 6.07) is 9.19. The van der Waals surface area contributed by atoms with Crippen LogP contribution < -0.4 is 10.1 Å². The van der Waals surface area contributed by atoms with Gasteiger partial charge in [-0.2, -0.15) is 5.10 Å². The zero-order chi connectivity index (χ0) is 23.4. The zero-order valence-electron chi connectivity index (χ0n) is 19.0. The van der Waals surface area contributed by atoms with Crippen LogP contribution in [0, 0.1) is 27.7 Å². The van der Waals surface area contributed by atoms with E-state index in [1.807, 2.05) is 45.9 Å². The van der Waals surface area contributed by atoms with Crippen LogP contribution in [0.25, 0.3) is 5.95 Å². The Morgan fingerprint density at radius 2 is 1.76 bits per heavy atom. The van der Waals surface area contributed by atoms with E-state index in [-0.39, 0.29) is 12.3 Å². The summed E-state index contributed by atoms with van der Waals surface area (Å²) in [5.41, 5.74) is 5.09. The maximum absolute atomic E-state index is 12.9. The van der Waals surface area contributed by atoms with Crippen LogP contribution in [0.2, 0.25) is 0 Å². The molecule has 33 heavy (non-hydrogen) atoms. The van der Waals surface area contributed by atoms with Crippen molar-refractivity contribution in [2.45, 2.75) is 40.7 Å². The number of aromatic nitrogens is 6. The van der Waals surface area contributed by atoms with E-state index in [0.29, 0.717) is 24.1 Å². The first-order valence-electron chi connectivity index (χ1n) is 10.5. The molecule has 4 aromatic rings. The van der Waals surface area contributed by atoms with Crippen molar-refractivity contribution in [3.63, 3.8) is 0 Å². The van der Waals surface area contributed by atoms with Gasteiger partial charge in [-0.3, -0.25) is 9.78 Å². The van der Waals surface area contributed by atoms with Gasteiger partial charge < -0.3 is 10.1 Å². The quantitative estimate of drug-likeness (QED) is 0.466. The summed E-state index contributed by atoms with van der Waals surface area (Å²) in [5.74, 6) is 1.15. The molecule has 0 atom stereocenters. The maximum Gasteiger partial charge on any atom is 0.251 e. The molecular weight excluding hydrogens is 418 g/mol. The normalized spacial score (nSPS) is 10.8. The predicted octanol–water partition coefficient (Wildman–Crippen LogP) is 3.45. The van der Waals surface area contributed by atoms with Crippen molar-refractivity contribution >= 4 is 11.7 Å². The van der Waals surface area contributed by atoms with Crippen LogP contribution in [0.4, 0.5) is 5.82 Å². The van der Waals surface area contributed by atoms with Crippen LogP contribution >= 0.6 is 0 Å². The molecular formula is C24H25N7O2. The summed E-state index contributed by atoms with van der Waals surface area (Å²) in [4.78, 5) is 30.1. The van der Waals surface area contributed by atoms with Gasteiger partial charge in [0.25, 0.3) is 5.95 Å². The molecule has 4 rings (SSSR count). The van der Waals surface area contributed by atoms with Crippen molar-refractivity contribution in [2.24, 2.45) is 0 Å². The van der Waals surface area contributed by atoms with Crippen LogP contribution in [0.5, 0.6) is 5.75 Å². The van der Waals surface area contributed by atoms with Crippen molar-refractivity contribution in [3.05, 3.63) is 82.8 Å². The lowest BCUT2D eigenvalue weighted by Crippen LogP contribution is -2.17. The Kier molecular flexibility index (Phi) is 6.39. The number of ether oxygens (including phenoxy) is 1. The van der Waals surface area contributed by atoms with Gasteiger partial charge in [-0.05, 0) is 63.6 Å². The lowest BCUT2D eigenvalue weighted by atomic mass is 10.1. The van der Waals surface area contributed by atoms with Crippen molar-refractivity contribution < 1.29 is 9.53 Å². The van der Waals surface area contributed by atoms with E-state index in [2.05, 4.69) is 30.4 Å². The molecule has 0 aromatic carbocycles. The number of amides is 1. The second-order valence-electron chi connectivity index (χ2n) is 7.73. The number of aryl methyl sites for hydroxylation is 3. The molecule has 0 bridgehead atoms. The Morgan fingerprint density at radius 3 is 2.48 bits per heavy atom. The number of nitrogens with one attached hydrogen (secondary N) is 1. The summed E-state index contributed by atoms with van der Waals surface area (Å²) in [6.07, 6.45) is 5.17. The van der Waals surface area contributed by atoms with Gasteiger partial charge in [0.1, 0.15) is 6.61 Å². The molecule has 0 aliphatic heterocycles. The number of carbonyl (C=O) groups is 1. The fourth-order valence-corrected chi connectivity index (χ4v) is 3.51. The summed E-state index contributed by atoms with van der Waals surface area (Å²) >= 11 is 0. The Bertz CT molecular complexity index is 1270. The second-order valence-corrected chi connectivity index (χ2v) is 7.73. The highest BCUT2D eigenvalue weighted by Crippen LogP contribution is 2.23. The van der Waals surface area contributed by atoms with Crippen LogP contribution in [0.1, 0.15) is 33.9 Å². The Hall–Kier alpha value is -4.14. The highest BCUT2D eigenvalue weighted by molar-refractivity contribution is 5.92. The monoisotopic (exact) mass is 443 g/mol. The molecule has 0 saturated heterocycles. The first-order chi connectivity index (χ1) is 15.9. The molecule has 168 valence electrons. The third-order valence-corrected chi connectivity index (χ3v) is 5.11. The van der Waals surface area contributed by atoms with E-state index >= 15 is 0 Å². The predicted molar refractivity (Wildman–Crippen MR) is 123 cm³/mol. The Balaban J connectivity index is 1.49. The van der Waals surface area contributed by atoms with E-state index in [1.165, 1.54) is 0 Å². The van der Waals surface area contributed by atoms with Gasteiger partial charge in [0.2, 0.25) is 5.91 Å². The molecule has 0 saturated carbocycles. The summed E-state index contributed by atoms with van der Waals surface area (Å²) < 4.78 is 7.55. The number of anilines is 1. The van der Waals surface area contributed by atoms with Crippen LogP contribution in [-0.2, 0) is 17.8 Å². The van der Waals surface area contributed by atoms with Gasteiger partial charge in [-0.15, -0.1) is 0 Å². The molecule has 0 unspecified atom stereocenters. The van der Waals surface area contributed by atoms with Crippen molar-refractivity contribution in [3.8, 4) is 11.7 Å². The number of hydrogen-bond donors (Lipinski definition) is 1. The summed E-state index contributed by atoms with van der Waals surface area (Å²) in [6.45, 7) is 7.96. The number of pyridine rings is 2. The van der Waals surface area contributed by atoms with Gasteiger partial charge in [-0.25, -0.2) is 19.6 Å². The van der Waals surface area contributed by atoms with Crippen molar-refractivity contribution in [2.75, 3.05) is 5.32 Å². The minimum absolute atomic E-state index is 0.142. The van der Waals surface area contributed by atoms with E-state index in [1.54, 1.807) is 35.4 Å². The lowest BCUT2D eigenvalue weighted by molar-refractivity contribution is -0.115. The molecule has 0 fully saturated rings. The van der Waals surface area contributed by atoms with Gasteiger partial charge in [0.05, 0.1) is 12.1 Å². The summed E-state index contributed by atoms with van der Waals surface area (Å²) in [7, 11) is 0. The molecule has 9 heteroatoms.